The average molecular weight is 305 g/mol. The third-order valence-corrected chi connectivity index (χ3v) is 3.33. The summed E-state index contributed by atoms with van der Waals surface area (Å²) >= 11 is 0. The number of aromatic nitrogens is 1. The fourth-order valence-corrected chi connectivity index (χ4v) is 2.25. The monoisotopic (exact) mass is 305 g/mol. The molecule has 1 aliphatic rings. The van der Waals surface area contributed by atoms with Gasteiger partial charge in [-0.05, 0) is 19.4 Å². The zero-order valence-corrected chi connectivity index (χ0v) is 13.0. The first-order valence-electron chi connectivity index (χ1n) is 6.87. The van der Waals surface area contributed by atoms with Gasteiger partial charge in [-0.1, -0.05) is 6.58 Å². The Balaban J connectivity index is 2.31. The summed E-state index contributed by atoms with van der Waals surface area (Å²) in [6, 6.07) is 3.16. The average Bonchev–Trinajstić information content (AvgIpc) is 3.01. The van der Waals surface area contributed by atoms with E-state index in [0.29, 0.717) is 24.5 Å². The molecule has 1 aliphatic heterocycles. The van der Waals surface area contributed by atoms with Crippen molar-refractivity contribution in [3.8, 4) is 11.8 Å². The molecule has 2 heterocycles. The summed E-state index contributed by atoms with van der Waals surface area (Å²) in [5.74, 6) is -0.0749. The third-order valence-electron chi connectivity index (χ3n) is 3.33. The van der Waals surface area contributed by atoms with Gasteiger partial charge >= 0.3 is 0 Å². The number of hydrogen-bond acceptors (Lipinski definition) is 5. The number of carbonyl (C=O) groups excluding carboxylic acids is 2. The van der Waals surface area contributed by atoms with Gasteiger partial charge in [0.25, 0.3) is 11.8 Å². The number of rotatable bonds is 4. The minimum absolute atomic E-state index is 0.166. The largest absolute Gasteiger partial charge is 0.481 e. The van der Waals surface area contributed by atoms with Crippen LogP contribution in [0.25, 0.3) is 0 Å². The zero-order chi connectivity index (χ0) is 16.3. The fraction of sp³-hybridized carbons (Fsp3) is 0.400. The molecular weight excluding hydrogens is 286 g/mol. The van der Waals surface area contributed by atoms with Crippen LogP contribution in [0.4, 0.5) is 0 Å². The van der Waals surface area contributed by atoms with Crippen LogP contribution < -0.4 is 9.47 Å². The molecule has 0 spiro atoms. The van der Waals surface area contributed by atoms with Gasteiger partial charge in [0.15, 0.2) is 0 Å². The molecule has 0 saturated carbocycles. The first kappa shape index (κ1) is 15.8. The summed E-state index contributed by atoms with van der Waals surface area (Å²) in [5.41, 5.74) is 0.671. The highest BCUT2D eigenvalue weighted by atomic mass is 16.5. The van der Waals surface area contributed by atoms with Crippen molar-refractivity contribution in [2.45, 2.75) is 13.3 Å². The van der Waals surface area contributed by atoms with Gasteiger partial charge in [0.1, 0.15) is 5.56 Å². The van der Waals surface area contributed by atoms with E-state index in [2.05, 4.69) is 11.6 Å². The van der Waals surface area contributed by atoms with Gasteiger partial charge in [0.2, 0.25) is 11.8 Å². The molecule has 0 unspecified atom stereocenters. The van der Waals surface area contributed by atoms with E-state index in [0.717, 1.165) is 6.42 Å². The molecule has 1 fully saturated rings. The molecule has 1 aromatic heterocycles. The van der Waals surface area contributed by atoms with E-state index in [4.69, 9.17) is 9.47 Å². The second-order valence-corrected chi connectivity index (χ2v) is 4.90. The number of methoxy groups -OCH3 is 2. The normalized spacial score (nSPS) is 14.0. The smallest absolute Gasteiger partial charge is 0.277 e. The minimum Gasteiger partial charge on any atom is -0.481 e. The van der Waals surface area contributed by atoms with Crippen LogP contribution in [0.1, 0.15) is 23.7 Å². The predicted octanol–water partition coefficient (Wildman–Crippen LogP) is 1.26. The molecule has 0 N–H and O–H groups in total. The van der Waals surface area contributed by atoms with E-state index in [9.17, 15) is 9.59 Å². The Bertz CT molecular complexity index is 615. The summed E-state index contributed by atoms with van der Waals surface area (Å²) in [6.45, 7) is 6.22. The number of pyridine rings is 1. The van der Waals surface area contributed by atoms with Crippen LogP contribution in [0.15, 0.2) is 24.3 Å². The number of amides is 2. The summed E-state index contributed by atoms with van der Waals surface area (Å²) in [7, 11) is 2.91. The van der Waals surface area contributed by atoms with Crippen LogP contribution in [0.2, 0.25) is 0 Å². The van der Waals surface area contributed by atoms with E-state index in [1.807, 2.05) is 0 Å². The molecule has 0 bridgehead atoms. The van der Waals surface area contributed by atoms with E-state index < -0.39 is 0 Å². The predicted molar refractivity (Wildman–Crippen MR) is 79.5 cm³/mol. The lowest BCUT2D eigenvalue weighted by Gasteiger charge is -2.28. The maximum atomic E-state index is 12.7. The Labute approximate surface area is 129 Å². The maximum Gasteiger partial charge on any atom is 0.277 e. The lowest BCUT2D eigenvalue weighted by Crippen LogP contribution is -2.45. The second-order valence-electron chi connectivity index (χ2n) is 4.90. The van der Waals surface area contributed by atoms with E-state index in [1.165, 1.54) is 24.2 Å². The van der Waals surface area contributed by atoms with Crippen LogP contribution in [-0.2, 0) is 4.79 Å². The van der Waals surface area contributed by atoms with Gasteiger partial charge in [-0.25, -0.2) is 10.0 Å². The number of hydrazine groups is 1. The standard InChI is InChI=1S/C15H19N3O4/c1-10(2)14(19)17-8-5-9-18(17)15(20)11-6-7-12(21-3)16-13(11)22-4/h6-7H,1,5,8-9H2,2-4H3. The zero-order valence-electron chi connectivity index (χ0n) is 13.0. The first-order valence-corrected chi connectivity index (χ1v) is 6.87. The van der Waals surface area contributed by atoms with E-state index in [1.54, 1.807) is 19.1 Å². The molecule has 0 atom stereocenters. The number of ether oxygens (including phenoxy) is 2. The Morgan fingerprint density at radius 1 is 1.18 bits per heavy atom. The summed E-state index contributed by atoms with van der Waals surface area (Å²) in [6.07, 6.45) is 0.719. The molecule has 2 rings (SSSR count). The highest BCUT2D eigenvalue weighted by molar-refractivity contribution is 5.99. The molecule has 22 heavy (non-hydrogen) atoms. The highest BCUT2D eigenvalue weighted by Crippen LogP contribution is 2.24. The van der Waals surface area contributed by atoms with Gasteiger partial charge in [0, 0.05) is 24.7 Å². The van der Waals surface area contributed by atoms with Crippen molar-refractivity contribution in [2.24, 2.45) is 0 Å². The van der Waals surface area contributed by atoms with Crippen molar-refractivity contribution in [2.75, 3.05) is 27.3 Å². The van der Waals surface area contributed by atoms with Crippen LogP contribution in [0.3, 0.4) is 0 Å². The fourth-order valence-electron chi connectivity index (χ4n) is 2.25. The van der Waals surface area contributed by atoms with Gasteiger partial charge in [-0.3, -0.25) is 9.59 Å². The summed E-state index contributed by atoms with van der Waals surface area (Å²) in [4.78, 5) is 28.9. The van der Waals surface area contributed by atoms with Gasteiger partial charge in [-0.15, -0.1) is 0 Å². The molecule has 7 nitrogen and oxygen atoms in total. The molecule has 2 amide bonds. The molecule has 0 aromatic carbocycles. The van der Waals surface area contributed by atoms with Crippen molar-refractivity contribution in [3.05, 3.63) is 29.8 Å². The maximum absolute atomic E-state index is 12.7. The SMILES string of the molecule is C=C(C)C(=O)N1CCCN1C(=O)c1ccc(OC)nc1OC. The van der Waals surface area contributed by atoms with E-state index >= 15 is 0 Å². The Morgan fingerprint density at radius 2 is 1.86 bits per heavy atom. The number of carbonyl (C=O) groups is 2. The van der Waals surface area contributed by atoms with Crippen molar-refractivity contribution >= 4 is 11.8 Å². The van der Waals surface area contributed by atoms with Crippen molar-refractivity contribution in [1.82, 2.24) is 15.0 Å². The Morgan fingerprint density at radius 3 is 2.45 bits per heavy atom. The van der Waals surface area contributed by atoms with Gasteiger partial charge in [0.05, 0.1) is 14.2 Å². The molecular formula is C15H19N3O4. The topological polar surface area (TPSA) is 72.0 Å². The first-order chi connectivity index (χ1) is 10.5. The lowest BCUT2D eigenvalue weighted by molar-refractivity contribution is -0.136. The van der Waals surface area contributed by atoms with Gasteiger partial charge < -0.3 is 9.47 Å². The summed E-state index contributed by atoms with van der Waals surface area (Å²) in [5, 5.41) is 2.82. The molecule has 118 valence electrons. The number of nitrogens with zero attached hydrogens (tertiary/aromatic N) is 3. The molecule has 0 radical (unpaired) electrons. The quantitative estimate of drug-likeness (QED) is 0.783. The molecule has 1 saturated heterocycles. The van der Waals surface area contributed by atoms with E-state index in [-0.39, 0.29) is 23.3 Å². The van der Waals surface area contributed by atoms with Crippen LogP contribution in [0.5, 0.6) is 11.8 Å². The Hall–Kier alpha value is -2.57. The lowest BCUT2D eigenvalue weighted by atomic mass is 10.2. The molecule has 1 aromatic rings. The highest BCUT2D eigenvalue weighted by Gasteiger charge is 2.33. The third kappa shape index (κ3) is 2.88. The second kappa shape index (κ2) is 6.46. The van der Waals surface area contributed by atoms with Crippen LogP contribution >= 0.6 is 0 Å². The van der Waals surface area contributed by atoms with Crippen LogP contribution in [0, 0.1) is 0 Å². The Kier molecular flexibility index (Phi) is 4.65. The van der Waals surface area contributed by atoms with Crippen molar-refractivity contribution in [1.29, 1.82) is 0 Å². The molecule has 0 aliphatic carbocycles. The minimum atomic E-state index is -0.334. The van der Waals surface area contributed by atoms with Crippen LogP contribution in [-0.4, -0.2) is 54.1 Å². The van der Waals surface area contributed by atoms with Crippen molar-refractivity contribution in [3.63, 3.8) is 0 Å². The van der Waals surface area contributed by atoms with Gasteiger partial charge in [-0.2, -0.15) is 4.98 Å². The number of hydrogen-bond donors (Lipinski definition) is 0. The summed E-state index contributed by atoms with van der Waals surface area (Å²) < 4.78 is 10.2. The van der Waals surface area contributed by atoms with Crippen molar-refractivity contribution < 1.29 is 19.1 Å². The molecule has 7 heteroatoms.